The zero-order valence-electron chi connectivity index (χ0n) is 71.0. The lowest BCUT2D eigenvalue weighted by molar-refractivity contribution is 0.0991. The number of rotatable bonds is 26. The first-order valence-corrected chi connectivity index (χ1v) is 42.8. The van der Waals surface area contributed by atoms with E-state index in [4.69, 9.17) is 28.7 Å². The number of nitrogens with one attached hydrogen (secondary N) is 8. The van der Waals surface area contributed by atoms with Crippen molar-refractivity contribution in [2.45, 2.75) is 353 Å². The molecule has 7 fully saturated rings. The van der Waals surface area contributed by atoms with Crippen molar-refractivity contribution in [2.75, 3.05) is 42.5 Å². The number of primary amides is 5. The van der Waals surface area contributed by atoms with E-state index in [-0.39, 0.29) is 70.8 Å². The predicted octanol–water partition coefficient (Wildman–Crippen LogP) is 10.2. The third-order valence-corrected chi connectivity index (χ3v) is 22.0. The van der Waals surface area contributed by atoms with Crippen LogP contribution < -0.4 is 71.2 Å². The molecule has 7 saturated carbocycles. The molecule has 0 aromatic carbocycles. The van der Waals surface area contributed by atoms with Gasteiger partial charge in [-0.3, -0.25) is 24.0 Å². The predicted molar refractivity (Wildman–Crippen MR) is 457 cm³/mol. The second-order valence-corrected chi connectivity index (χ2v) is 36.2. The lowest BCUT2D eigenvalue weighted by Crippen LogP contribution is -2.30. The van der Waals surface area contributed by atoms with Gasteiger partial charge in [0.2, 0.25) is 17.8 Å². The molecule has 7 aliphatic carbocycles. The maximum atomic E-state index is 11.7. The maximum absolute atomic E-state index is 11.7. The largest absolute Gasteiger partial charge is 0.393 e. The number of hydrogen-bond donors (Lipinski definition) is 18. The smallest absolute Gasteiger partial charge is 0.254 e. The lowest BCUT2D eigenvalue weighted by Gasteiger charge is -2.26. The van der Waals surface area contributed by atoms with Gasteiger partial charge in [0.1, 0.15) is 40.7 Å². The van der Waals surface area contributed by atoms with Crippen molar-refractivity contribution >= 4 is 76.5 Å². The third-order valence-electron chi connectivity index (χ3n) is 22.0. The van der Waals surface area contributed by atoms with Crippen LogP contribution in [0, 0.1) is 23.7 Å². The first-order valence-electron chi connectivity index (χ1n) is 42.8. The Bertz CT molecular complexity index is 3660. The highest BCUT2D eigenvalue weighted by atomic mass is 16.3. The number of aliphatic hydroxyl groups is 5. The molecule has 0 unspecified atom stereocenters. The van der Waals surface area contributed by atoms with E-state index in [1.807, 2.05) is 62.3 Å². The highest BCUT2D eigenvalue weighted by Gasteiger charge is 2.34. The van der Waals surface area contributed by atoms with Crippen LogP contribution >= 0.6 is 0 Å². The number of aromatic nitrogens is 10. The molecule has 7 aliphatic rings. The van der Waals surface area contributed by atoms with Crippen molar-refractivity contribution in [3.63, 3.8) is 0 Å². The van der Waals surface area contributed by atoms with Gasteiger partial charge in [0.25, 0.3) is 29.5 Å². The quantitative estimate of drug-likeness (QED) is 0.0229. The number of carbonyl (C=O) groups is 5. The Morgan fingerprint density at radius 1 is 0.350 bits per heavy atom. The van der Waals surface area contributed by atoms with E-state index in [1.165, 1.54) is 56.7 Å². The molecular formula is C84H137N23O10. The van der Waals surface area contributed by atoms with E-state index >= 15 is 0 Å². The van der Waals surface area contributed by atoms with Gasteiger partial charge in [-0.1, -0.05) is 52.4 Å². The first kappa shape index (κ1) is 93.4. The van der Waals surface area contributed by atoms with Gasteiger partial charge in [0.15, 0.2) is 0 Å². The van der Waals surface area contributed by atoms with Crippen LogP contribution in [0.5, 0.6) is 0 Å². The molecule has 0 aliphatic heterocycles. The van der Waals surface area contributed by atoms with Crippen LogP contribution in [0.2, 0.25) is 0 Å². The number of carbonyl (C=O) groups excluding carboxylic acids is 5. The Kier molecular flexibility index (Phi) is 35.2. The van der Waals surface area contributed by atoms with Crippen LogP contribution in [0.3, 0.4) is 0 Å². The van der Waals surface area contributed by atoms with Crippen LogP contribution in [-0.4, -0.2) is 182 Å². The molecule has 8 atom stereocenters. The summed E-state index contributed by atoms with van der Waals surface area (Å²) in [5.41, 5.74) is 28.0. The van der Waals surface area contributed by atoms with E-state index in [0.29, 0.717) is 123 Å². The molecule has 5 heterocycles. The van der Waals surface area contributed by atoms with Crippen molar-refractivity contribution in [2.24, 2.45) is 52.3 Å². The van der Waals surface area contributed by atoms with Crippen LogP contribution in [-0.2, 0) is 12.8 Å². The van der Waals surface area contributed by atoms with Gasteiger partial charge in [-0.2, -0.15) is 15.0 Å². The monoisotopic (exact) mass is 1630 g/mol. The molecule has 0 radical (unpaired) electrons. The molecule has 5 aromatic heterocycles. The Hall–Kier alpha value is -9.05. The van der Waals surface area contributed by atoms with Gasteiger partial charge in [0, 0.05) is 90.7 Å². The number of amides is 5. The molecule has 648 valence electrons. The zero-order chi connectivity index (χ0) is 85.3. The molecule has 0 spiro atoms. The van der Waals surface area contributed by atoms with Gasteiger partial charge in [0.05, 0.1) is 58.3 Å². The minimum absolute atomic E-state index is 0.134. The Morgan fingerprint density at radius 3 is 0.949 bits per heavy atom. The highest BCUT2D eigenvalue weighted by Crippen LogP contribution is 2.38. The van der Waals surface area contributed by atoms with Gasteiger partial charge in [-0.25, -0.2) is 34.9 Å². The summed E-state index contributed by atoms with van der Waals surface area (Å²) in [6.45, 7) is 22.2. The van der Waals surface area contributed by atoms with Crippen LogP contribution in [0.1, 0.15) is 326 Å². The molecule has 5 aromatic rings. The minimum Gasteiger partial charge on any atom is -0.393 e. The number of nitrogens with two attached hydrogens (primary N) is 5. The van der Waals surface area contributed by atoms with E-state index in [0.717, 1.165) is 167 Å². The van der Waals surface area contributed by atoms with Crippen LogP contribution in [0.15, 0.2) is 31.0 Å². The van der Waals surface area contributed by atoms with E-state index in [1.54, 1.807) is 0 Å². The molecule has 23 N–H and O–H groups in total. The van der Waals surface area contributed by atoms with Gasteiger partial charge < -0.3 is 96.7 Å². The molecule has 0 saturated heterocycles. The highest BCUT2D eigenvalue weighted by molar-refractivity contribution is 5.99. The van der Waals surface area contributed by atoms with Crippen molar-refractivity contribution in [3.8, 4) is 0 Å². The SMILES string of the molecule is CC(C)(C)Nc1nc(C[C@H]2CCCC[C@@H](O)C2)ncc1C(N)=O.CC(C)(C)Nc1nc(C[C@H]2CCCC[C@H](O)C2)ncc1C(N)=O.CC(C)(C)Nc1nc(N[C@@H]2CCCC[C@@H](O)C2)ncc1C(N)=O.CC[C@@H](Nc1nc(NC2CCC(O)CC2)ncc1C(N)=O)C1CC1.CC[C@H](Nc1nc(NC2CCC(O)CC2)ncc1C(N)=O)C1CC1. The average Bonchev–Trinajstić information content (AvgIpc) is 1.78. The second-order valence-electron chi connectivity index (χ2n) is 36.2. The minimum atomic E-state index is -0.562. The fraction of sp³-hybridized carbons (Fsp3) is 0.702. The molecule has 5 amide bonds. The molecule has 117 heavy (non-hydrogen) atoms. The maximum Gasteiger partial charge on any atom is 0.254 e. The molecular weight excluding hydrogens is 1490 g/mol. The van der Waals surface area contributed by atoms with Crippen LogP contribution in [0.25, 0.3) is 0 Å². The first-order chi connectivity index (χ1) is 55.4. The summed E-state index contributed by atoms with van der Waals surface area (Å²) in [6, 6.07) is 1.28. The fourth-order valence-corrected chi connectivity index (χ4v) is 15.5. The average molecular weight is 1630 g/mol. The third kappa shape index (κ3) is 32.6. The molecule has 33 heteroatoms. The van der Waals surface area contributed by atoms with E-state index in [9.17, 15) is 49.5 Å². The van der Waals surface area contributed by atoms with Crippen molar-refractivity contribution in [3.05, 3.63) is 70.5 Å². The Labute approximate surface area is 690 Å². The summed E-state index contributed by atoms with van der Waals surface area (Å²) >= 11 is 0. The summed E-state index contributed by atoms with van der Waals surface area (Å²) in [7, 11) is 0. The number of hydrogen-bond acceptors (Lipinski definition) is 28. The Balaban J connectivity index is 0.000000183. The number of nitrogens with zero attached hydrogens (tertiary/aromatic N) is 10. The molecule has 12 rings (SSSR count). The summed E-state index contributed by atoms with van der Waals surface area (Å²) in [4.78, 5) is 102. The van der Waals surface area contributed by atoms with Crippen molar-refractivity contribution in [1.29, 1.82) is 0 Å². The topological polar surface area (TPSA) is 542 Å². The summed E-state index contributed by atoms with van der Waals surface area (Å²) in [6.07, 6.45) is 35.9. The molecule has 0 bridgehead atoms. The van der Waals surface area contributed by atoms with Crippen LogP contribution in [0.4, 0.5) is 46.9 Å². The molecule has 33 nitrogen and oxygen atoms in total. The van der Waals surface area contributed by atoms with Gasteiger partial charge in [-0.05, 0) is 234 Å². The summed E-state index contributed by atoms with van der Waals surface area (Å²) in [5, 5.41) is 75.3. The number of anilines is 8. The summed E-state index contributed by atoms with van der Waals surface area (Å²) < 4.78 is 0. The standard InChI is InChI=1S/2C17H27N5O2.2C17H28N4O2.C16H27N5O2/c2*1-2-14(10-3-4-10)21-16-13(15(18)24)9-19-17(22-16)20-11-5-7-12(23)8-6-11;2*1-17(2,3)21-16-13(15(18)23)10-19-14(20-16)9-11-6-4-5-7-12(22)8-11;1-16(2,3)21-14-12(13(17)23)9-18-15(20-14)19-10-6-4-5-7-11(22)8-10/h2*9-12,14,23H,2-8H2,1H3,(H2,18,24)(H2,19,20,21,22);2*10-12,22H,4-9H2,1-3H3,(H2,18,23)(H,19,20,21);9-11,22H,4-8H2,1-3H3,(H2,17,23)(H2,18,19,20,21)/t2*11?,12?,14-;11-,12+;11-,12-;10-,11-/m10001/s1. The van der Waals surface area contributed by atoms with E-state index in [2.05, 4.69) is 106 Å². The second kappa shape index (κ2) is 44.1. The lowest BCUT2D eigenvalue weighted by atomic mass is 9.93. The van der Waals surface area contributed by atoms with Crippen molar-refractivity contribution in [1.82, 2.24) is 49.8 Å². The zero-order valence-corrected chi connectivity index (χ0v) is 71.0. The Morgan fingerprint density at radius 2 is 0.632 bits per heavy atom. The summed E-state index contributed by atoms with van der Waals surface area (Å²) in [5.74, 6) is 4.72. The normalized spacial score (nSPS) is 23.5. The van der Waals surface area contributed by atoms with E-state index < -0.39 is 29.5 Å². The van der Waals surface area contributed by atoms with Crippen molar-refractivity contribution < 1.29 is 49.5 Å². The van der Waals surface area contributed by atoms with Gasteiger partial charge in [-0.15, -0.1) is 0 Å². The van der Waals surface area contributed by atoms with Gasteiger partial charge >= 0.3 is 0 Å². The fourth-order valence-electron chi connectivity index (χ4n) is 15.5. The number of aliphatic hydroxyl groups excluding tert-OH is 5.